The second kappa shape index (κ2) is 7.11. The fourth-order valence-corrected chi connectivity index (χ4v) is 1.06. The number of carbonyl (C=O) groups excluding carboxylic acids is 2. The van der Waals surface area contributed by atoms with Crippen molar-refractivity contribution in [2.75, 3.05) is 26.2 Å². The molecule has 0 aliphatic rings. The van der Waals surface area contributed by atoms with Crippen molar-refractivity contribution in [2.24, 2.45) is 0 Å². The van der Waals surface area contributed by atoms with Crippen LogP contribution in [0.3, 0.4) is 0 Å². The second-order valence-corrected chi connectivity index (χ2v) is 4.57. The lowest BCUT2D eigenvalue weighted by molar-refractivity contribution is -0.122. The van der Waals surface area contributed by atoms with Crippen LogP contribution in [0.15, 0.2) is 0 Å². The van der Waals surface area contributed by atoms with Crippen molar-refractivity contribution in [3.8, 4) is 0 Å². The van der Waals surface area contributed by atoms with Crippen LogP contribution in [0, 0.1) is 0 Å². The van der Waals surface area contributed by atoms with E-state index in [0.717, 1.165) is 0 Å². The monoisotopic (exact) mass is 246 g/mol. The van der Waals surface area contributed by atoms with Crippen molar-refractivity contribution in [1.29, 1.82) is 0 Å². The molecule has 0 aliphatic carbocycles. The van der Waals surface area contributed by atoms with Crippen molar-refractivity contribution in [1.82, 2.24) is 10.2 Å². The van der Waals surface area contributed by atoms with Gasteiger partial charge in [0, 0.05) is 13.1 Å². The summed E-state index contributed by atoms with van der Waals surface area (Å²) in [5.74, 6) is -0.313. The van der Waals surface area contributed by atoms with Crippen molar-refractivity contribution >= 4 is 12.0 Å². The minimum Gasteiger partial charge on any atom is -0.444 e. The Balaban J connectivity index is 4.23. The molecule has 0 radical (unpaired) electrons. The number of aliphatic hydroxyl groups is 1. The van der Waals surface area contributed by atoms with E-state index in [0.29, 0.717) is 6.54 Å². The Labute approximate surface area is 102 Å². The van der Waals surface area contributed by atoms with E-state index < -0.39 is 11.7 Å². The first-order valence-electron chi connectivity index (χ1n) is 5.65. The van der Waals surface area contributed by atoms with Gasteiger partial charge < -0.3 is 15.2 Å². The number of amides is 2. The zero-order valence-corrected chi connectivity index (χ0v) is 10.9. The Bertz CT molecular complexity index is 261. The standard InChI is InChI=1S/C11H22N2O4/c1-5-13(8-9(15)12-6-7-14)10(16)17-11(2,3)4/h14H,5-8H2,1-4H3,(H,12,15). The number of nitrogens with one attached hydrogen (secondary N) is 1. The summed E-state index contributed by atoms with van der Waals surface area (Å²) >= 11 is 0. The molecule has 6 heteroatoms. The number of hydrogen-bond donors (Lipinski definition) is 2. The summed E-state index contributed by atoms with van der Waals surface area (Å²) < 4.78 is 5.15. The molecule has 0 saturated carbocycles. The Morgan fingerprint density at radius 1 is 1.35 bits per heavy atom. The highest BCUT2D eigenvalue weighted by molar-refractivity contribution is 5.82. The predicted molar refractivity (Wildman–Crippen MR) is 63.6 cm³/mol. The number of aliphatic hydroxyl groups excluding tert-OH is 1. The van der Waals surface area contributed by atoms with Crippen LogP contribution in [-0.4, -0.2) is 53.8 Å². The average molecular weight is 246 g/mol. The largest absolute Gasteiger partial charge is 0.444 e. The lowest BCUT2D eigenvalue weighted by Crippen LogP contribution is -2.43. The lowest BCUT2D eigenvalue weighted by Gasteiger charge is -2.26. The fourth-order valence-electron chi connectivity index (χ4n) is 1.06. The molecule has 0 bridgehead atoms. The number of ether oxygens (including phenoxy) is 1. The van der Waals surface area contributed by atoms with Gasteiger partial charge in [-0.1, -0.05) is 0 Å². The van der Waals surface area contributed by atoms with Crippen LogP contribution in [0.2, 0.25) is 0 Å². The first-order valence-corrected chi connectivity index (χ1v) is 5.65. The van der Waals surface area contributed by atoms with Crippen LogP contribution in [0.25, 0.3) is 0 Å². The summed E-state index contributed by atoms with van der Waals surface area (Å²) in [4.78, 5) is 24.3. The van der Waals surface area contributed by atoms with E-state index in [1.165, 1.54) is 4.90 Å². The summed E-state index contributed by atoms with van der Waals surface area (Å²) in [7, 11) is 0. The Hall–Kier alpha value is -1.30. The fraction of sp³-hybridized carbons (Fsp3) is 0.818. The molecule has 0 heterocycles. The maximum atomic E-state index is 11.7. The summed E-state index contributed by atoms with van der Waals surface area (Å²) in [6.07, 6.45) is -0.515. The number of nitrogens with zero attached hydrogens (tertiary/aromatic N) is 1. The minimum absolute atomic E-state index is 0.0641. The maximum absolute atomic E-state index is 11.7. The van der Waals surface area contributed by atoms with Crippen molar-refractivity contribution < 1.29 is 19.4 Å². The van der Waals surface area contributed by atoms with Gasteiger partial charge in [-0.3, -0.25) is 9.69 Å². The first kappa shape index (κ1) is 15.7. The number of rotatable bonds is 5. The highest BCUT2D eigenvalue weighted by Gasteiger charge is 2.22. The molecule has 0 atom stereocenters. The van der Waals surface area contributed by atoms with E-state index in [1.54, 1.807) is 27.7 Å². The highest BCUT2D eigenvalue weighted by Crippen LogP contribution is 2.09. The molecule has 0 rings (SSSR count). The molecule has 100 valence electrons. The van der Waals surface area contributed by atoms with Gasteiger partial charge in [0.15, 0.2) is 0 Å². The van der Waals surface area contributed by atoms with Gasteiger partial charge in [0.05, 0.1) is 6.61 Å². The van der Waals surface area contributed by atoms with Crippen molar-refractivity contribution in [3.05, 3.63) is 0 Å². The summed E-state index contributed by atoms with van der Waals surface area (Å²) in [5, 5.41) is 11.0. The van der Waals surface area contributed by atoms with E-state index in [2.05, 4.69) is 5.32 Å². The molecule has 0 aromatic heterocycles. The molecule has 0 aliphatic heterocycles. The molecule has 2 N–H and O–H groups in total. The third kappa shape index (κ3) is 7.57. The molecule has 0 unspecified atom stereocenters. The molecule has 2 amide bonds. The van der Waals surface area contributed by atoms with Crippen LogP contribution in [0.5, 0.6) is 0 Å². The normalized spacial score (nSPS) is 10.9. The molecule has 17 heavy (non-hydrogen) atoms. The van der Waals surface area contributed by atoms with E-state index in [9.17, 15) is 9.59 Å². The SMILES string of the molecule is CCN(CC(=O)NCCO)C(=O)OC(C)(C)C. The molecule has 6 nitrogen and oxygen atoms in total. The Morgan fingerprint density at radius 3 is 2.35 bits per heavy atom. The first-order chi connectivity index (χ1) is 7.80. The molecule has 0 aromatic carbocycles. The average Bonchev–Trinajstić information content (AvgIpc) is 2.20. The van der Waals surface area contributed by atoms with Gasteiger partial charge in [-0.15, -0.1) is 0 Å². The number of carbonyl (C=O) groups is 2. The lowest BCUT2D eigenvalue weighted by atomic mass is 10.2. The smallest absolute Gasteiger partial charge is 0.410 e. The van der Waals surface area contributed by atoms with Gasteiger partial charge in [-0.2, -0.15) is 0 Å². The van der Waals surface area contributed by atoms with Gasteiger partial charge in [0.2, 0.25) is 5.91 Å². The highest BCUT2D eigenvalue weighted by atomic mass is 16.6. The zero-order valence-electron chi connectivity index (χ0n) is 10.9. The molecule has 0 aromatic rings. The van der Waals surface area contributed by atoms with E-state index in [4.69, 9.17) is 9.84 Å². The van der Waals surface area contributed by atoms with Gasteiger partial charge in [0.25, 0.3) is 0 Å². The van der Waals surface area contributed by atoms with Gasteiger partial charge in [0.1, 0.15) is 12.1 Å². The van der Waals surface area contributed by atoms with Crippen LogP contribution < -0.4 is 5.32 Å². The van der Waals surface area contributed by atoms with Crippen LogP contribution in [0.4, 0.5) is 4.79 Å². The van der Waals surface area contributed by atoms with Crippen molar-refractivity contribution in [3.63, 3.8) is 0 Å². The molecule has 0 fully saturated rings. The second-order valence-electron chi connectivity index (χ2n) is 4.57. The quantitative estimate of drug-likeness (QED) is 0.733. The molecular weight excluding hydrogens is 224 g/mol. The Kier molecular flexibility index (Phi) is 6.57. The van der Waals surface area contributed by atoms with Crippen LogP contribution >= 0.6 is 0 Å². The number of hydrogen-bond acceptors (Lipinski definition) is 4. The van der Waals surface area contributed by atoms with Gasteiger partial charge in [-0.25, -0.2) is 4.79 Å². The third-order valence-corrected chi connectivity index (χ3v) is 1.80. The predicted octanol–water partition coefficient (Wildman–Crippen LogP) is 0.352. The summed E-state index contributed by atoms with van der Waals surface area (Å²) in [6, 6.07) is 0. The molecular formula is C11H22N2O4. The topological polar surface area (TPSA) is 78.9 Å². The molecule has 0 saturated heterocycles. The van der Waals surface area contributed by atoms with Gasteiger partial charge >= 0.3 is 6.09 Å². The van der Waals surface area contributed by atoms with E-state index >= 15 is 0 Å². The van der Waals surface area contributed by atoms with E-state index in [1.807, 2.05) is 0 Å². The zero-order chi connectivity index (χ0) is 13.5. The maximum Gasteiger partial charge on any atom is 0.410 e. The number of likely N-dealkylation sites (N-methyl/N-ethyl adjacent to an activating group) is 1. The minimum atomic E-state index is -0.577. The van der Waals surface area contributed by atoms with Crippen LogP contribution in [-0.2, 0) is 9.53 Å². The summed E-state index contributed by atoms with van der Waals surface area (Å²) in [6.45, 7) is 7.46. The van der Waals surface area contributed by atoms with E-state index in [-0.39, 0.29) is 25.6 Å². The van der Waals surface area contributed by atoms with Crippen LogP contribution in [0.1, 0.15) is 27.7 Å². The summed E-state index contributed by atoms with van der Waals surface area (Å²) in [5.41, 5.74) is -0.577. The van der Waals surface area contributed by atoms with Gasteiger partial charge in [-0.05, 0) is 27.7 Å². The van der Waals surface area contributed by atoms with Crippen molar-refractivity contribution in [2.45, 2.75) is 33.3 Å². The Morgan fingerprint density at radius 2 is 1.94 bits per heavy atom. The molecule has 0 spiro atoms. The third-order valence-electron chi connectivity index (χ3n) is 1.80.